The highest BCUT2D eigenvalue weighted by atomic mass is 35.5. The van der Waals surface area contributed by atoms with Crippen LogP contribution in [0.5, 0.6) is 5.88 Å². The zero-order valence-corrected chi connectivity index (χ0v) is 18.7. The standard InChI is InChI=1S/C20H23ClN6O3S/c1-12(23-2)15(10-22)31(29)26-19(28)14-3-4-16(24-18(14)21)27-6-5-17(25-27)30-11-20-7-13(8-20)9-20/h3-6,10,13H,7-9,11,22H2,1-2H3,(H,26,28). The molecular formula is C20H23ClN6O3S. The number of nitrogens with two attached hydrogens (primary N) is 1. The molecule has 1 amide bonds. The fourth-order valence-electron chi connectivity index (χ4n) is 3.92. The summed E-state index contributed by atoms with van der Waals surface area (Å²) < 4.78 is 22.1. The van der Waals surface area contributed by atoms with Crippen molar-refractivity contribution in [3.63, 3.8) is 0 Å². The first-order valence-corrected chi connectivity index (χ1v) is 11.3. The Morgan fingerprint density at radius 3 is 2.81 bits per heavy atom. The van der Waals surface area contributed by atoms with Crippen LogP contribution in [0, 0.1) is 11.3 Å². The second-order valence-electron chi connectivity index (χ2n) is 7.91. The van der Waals surface area contributed by atoms with Crippen molar-refractivity contribution >= 4 is 34.6 Å². The molecule has 0 aromatic carbocycles. The molecule has 164 valence electrons. The van der Waals surface area contributed by atoms with Crippen LogP contribution in [0.3, 0.4) is 0 Å². The van der Waals surface area contributed by atoms with Crippen LogP contribution < -0.4 is 15.2 Å². The predicted octanol–water partition coefficient (Wildman–Crippen LogP) is 2.38. The van der Waals surface area contributed by atoms with Crippen molar-refractivity contribution in [3.8, 4) is 11.7 Å². The summed E-state index contributed by atoms with van der Waals surface area (Å²) in [4.78, 5) is 20.9. The summed E-state index contributed by atoms with van der Waals surface area (Å²) >= 11 is 4.33. The summed E-state index contributed by atoms with van der Waals surface area (Å²) in [6.07, 6.45) is 6.63. The molecule has 9 nitrogen and oxygen atoms in total. The maximum atomic E-state index is 12.5. The average molecular weight is 463 g/mol. The third-order valence-corrected chi connectivity index (χ3v) is 7.29. The summed E-state index contributed by atoms with van der Waals surface area (Å²) in [5.41, 5.74) is 6.39. The number of aromatic nitrogens is 3. The molecule has 31 heavy (non-hydrogen) atoms. The van der Waals surface area contributed by atoms with Gasteiger partial charge in [-0.25, -0.2) is 9.67 Å². The fraction of sp³-hybridized carbons (Fsp3) is 0.400. The van der Waals surface area contributed by atoms with Crippen LogP contribution in [0.1, 0.15) is 36.5 Å². The van der Waals surface area contributed by atoms with E-state index in [0.29, 0.717) is 29.4 Å². The van der Waals surface area contributed by atoms with Crippen LogP contribution in [0.4, 0.5) is 0 Å². The van der Waals surface area contributed by atoms with Crippen LogP contribution in [0.2, 0.25) is 5.15 Å². The van der Waals surface area contributed by atoms with Crippen molar-refractivity contribution in [1.82, 2.24) is 19.5 Å². The lowest BCUT2D eigenvalue weighted by Gasteiger charge is -2.61. The number of pyridine rings is 1. The van der Waals surface area contributed by atoms with Gasteiger partial charge in [0, 0.05) is 24.7 Å². The smallest absolute Gasteiger partial charge is 0.295 e. The van der Waals surface area contributed by atoms with Gasteiger partial charge in [0.25, 0.3) is 5.91 Å². The molecule has 2 aromatic heterocycles. The first kappa shape index (κ1) is 21.7. The van der Waals surface area contributed by atoms with Gasteiger partial charge in [0.2, 0.25) is 10.8 Å². The number of carbonyl (C=O) groups excluding carboxylic acids is 1. The van der Waals surface area contributed by atoms with Crippen molar-refractivity contribution < 1.29 is 14.1 Å². The van der Waals surface area contributed by atoms with Gasteiger partial charge in [-0.05, 0) is 44.2 Å². The minimum atomic E-state index is -1.88. The van der Waals surface area contributed by atoms with Gasteiger partial charge in [-0.3, -0.25) is 9.79 Å². The van der Waals surface area contributed by atoms with Gasteiger partial charge in [0.1, 0.15) is 16.5 Å². The number of nitrogens with zero attached hydrogens (tertiary/aromatic N) is 4. The highest BCUT2D eigenvalue weighted by molar-refractivity contribution is 7.94. The molecule has 2 bridgehead atoms. The molecule has 3 saturated carbocycles. The number of amides is 1. The highest BCUT2D eigenvalue weighted by Crippen LogP contribution is 2.64. The fourth-order valence-corrected chi connectivity index (χ4v) is 5.02. The van der Waals surface area contributed by atoms with Crippen LogP contribution in [0.25, 0.3) is 5.82 Å². The molecule has 0 radical (unpaired) electrons. The van der Waals surface area contributed by atoms with E-state index in [1.807, 2.05) is 0 Å². The van der Waals surface area contributed by atoms with Crippen LogP contribution in [0.15, 0.2) is 40.5 Å². The van der Waals surface area contributed by atoms with Gasteiger partial charge in [-0.1, -0.05) is 11.6 Å². The van der Waals surface area contributed by atoms with Gasteiger partial charge >= 0.3 is 0 Å². The van der Waals surface area contributed by atoms with E-state index in [0.717, 1.165) is 12.1 Å². The summed E-state index contributed by atoms with van der Waals surface area (Å²) in [7, 11) is 1.54. The Morgan fingerprint density at radius 1 is 1.48 bits per heavy atom. The Bertz CT molecular complexity index is 1050. The molecule has 1 unspecified atom stereocenters. The number of nitrogens with one attached hydrogen (secondary N) is 1. The number of allylic oxidation sites excluding steroid dienone is 1. The maximum Gasteiger partial charge on any atom is 0.295 e. The number of carbonyl (C=O) groups is 1. The molecule has 0 spiro atoms. The maximum absolute atomic E-state index is 12.5. The Labute approximate surface area is 188 Å². The third-order valence-electron chi connectivity index (χ3n) is 5.80. The van der Waals surface area contributed by atoms with Crippen molar-refractivity contribution in [3.05, 3.63) is 46.2 Å². The highest BCUT2D eigenvalue weighted by Gasteiger charge is 2.57. The van der Waals surface area contributed by atoms with Gasteiger partial charge in [-0.2, -0.15) is 4.72 Å². The lowest BCUT2D eigenvalue weighted by molar-refractivity contribution is -0.132. The van der Waals surface area contributed by atoms with E-state index in [1.54, 1.807) is 32.3 Å². The Hall–Kier alpha value is -2.56. The Balaban J connectivity index is 1.41. The van der Waals surface area contributed by atoms with Gasteiger partial charge < -0.3 is 15.0 Å². The zero-order valence-electron chi connectivity index (χ0n) is 17.2. The summed E-state index contributed by atoms with van der Waals surface area (Å²) in [5, 5.41) is 4.33. The number of halogens is 1. The predicted molar refractivity (Wildman–Crippen MR) is 119 cm³/mol. The van der Waals surface area contributed by atoms with Crippen molar-refractivity contribution in [2.24, 2.45) is 22.1 Å². The third kappa shape index (κ3) is 4.28. The van der Waals surface area contributed by atoms with E-state index in [1.165, 1.54) is 30.0 Å². The topological polar surface area (TPSA) is 130 Å². The molecule has 3 aliphatic rings. The van der Waals surface area contributed by atoms with Crippen molar-refractivity contribution in [2.45, 2.75) is 26.2 Å². The first-order chi connectivity index (χ1) is 14.8. The number of aliphatic imine (C=N–C) groups is 1. The van der Waals surface area contributed by atoms with E-state index in [4.69, 9.17) is 22.1 Å². The summed E-state index contributed by atoms with van der Waals surface area (Å²) in [6.45, 7) is 2.33. The Kier molecular flexibility index (Phi) is 5.96. The molecule has 2 heterocycles. The van der Waals surface area contributed by atoms with Crippen LogP contribution in [-0.2, 0) is 11.4 Å². The Morgan fingerprint density at radius 2 is 2.23 bits per heavy atom. The minimum absolute atomic E-state index is 0.0435. The number of hydrogen-bond acceptors (Lipinski definition) is 7. The van der Waals surface area contributed by atoms with E-state index >= 15 is 0 Å². The largest absolute Gasteiger partial charge is 0.588 e. The monoisotopic (exact) mass is 462 g/mol. The van der Waals surface area contributed by atoms with E-state index in [9.17, 15) is 9.35 Å². The summed E-state index contributed by atoms with van der Waals surface area (Å²) in [5.74, 6) is 1.21. The number of rotatable bonds is 8. The quantitative estimate of drug-likeness (QED) is 0.352. The van der Waals surface area contributed by atoms with E-state index in [-0.39, 0.29) is 15.6 Å². The first-order valence-electron chi connectivity index (χ1n) is 9.78. The SMILES string of the molecule is CN=C(C)C(=CN)[S+]([O-])NC(=O)c1ccc(-n2ccc(OCC34CC(C3)C4)n2)nc1Cl. The van der Waals surface area contributed by atoms with Crippen LogP contribution in [-0.4, -0.2) is 44.6 Å². The van der Waals surface area contributed by atoms with Gasteiger partial charge in [0.05, 0.1) is 24.1 Å². The van der Waals surface area contributed by atoms with E-state index < -0.39 is 17.3 Å². The van der Waals surface area contributed by atoms with Crippen molar-refractivity contribution in [1.29, 1.82) is 0 Å². The van der Waals surface area contributed by atoms with Gasteiger partial charge in [0.15, 0.2) is 5.82 Å². The zero-order chi connectivity index (χ0) is 22.2. The van der Waals surface area contributed by atoms with Crippen LogP contribution >= 0.6 is 11.6 Å². The second kappa shape index (κ2) is 8.52. The second-order valence-corrected chi connectivity index (χ2v) is 9.45. The molecule has 0 saturated heterocycles. The molecule has 1 atom stereocenters. The lowest BCUT2D eigenvalue weighted by atomic mass is 9.45. The molecule has 3 aliphatic carbocycles. The molecule has 3 N–H and O–H groups in total. The lowest BCUT2D eigenvalue weighted by Crippen LogP contribution is -2.55. The normalized spacial score (nSPS) is 23.5. The molecule has 11 heteroatoms. The molecule has 5 rings (SSSR count). The summed E-state index contributed by atoms with van der Waals surface area (Å²) in [6, 6.07) is 4.86. The average Bonchev–Trinajstić information content (AvgIpc) is 3.15. The van der Waals surface area contributed by atoms with Gasteiger partial charge in [-0.15, -0.1) is 5.10 Å². The molecule has 3 fully saturated rings. The molecule has 0 aliphatic heterocycles. The molecule has 2 aromatic rings. The number of ether oxygens (including phenoxy) is 1. The minimum Gasteiger partial charge on any atom is -0.588 e. The number of hydrogen-bond donors (Lipinski definition) is 2. The molecular weight excluding hydrogens is 440 g/mol. The van der Waals surface area contributed by atoms with E-state index in [2.05, 4.69) is 19.8 Å². The van der Waals surface area contributed by atoms with Crippen molar-refractivity contribution in [2.75, 3.05) is 13.7 Å².